The number of carbonyl (C=O) groups is 1. The molecule has 0 saturated heterocycles. The minimum Gasteiger partial charge on any atom is -0.482 e. The van der Waals surface area contributed by atoms with Gasteiger partial charge in [0.05, 0.1) is 0 Å². The third-order valence-electron chi connectivity index (χ3n) is 2.93. The fourth-order valence-electron chi connectivity index (χ4n) is 1.64. The Morgan fingerprint density at radius 3 is 2.94 bits per heavy atom. The van der Waals surface area contributed by atoms with E-state index in [1.807, 2.05) is 0 Å². The van der Waals surface area contributed by atoms with Crippen molar-refractivity contribution in [3.8, 4) is 11.8 Å². The molecule has 0 aromatic heterocycles. The Kier molecular flexibility index (Phi) is 3.47. The molecule has 0 heterocycles. The first-order valence-corrected chi connectivity index (χ1v) is 5.70. The van der Waals surface area contributed by atoms with Crippen LogP contribution in [0.3, 0.4) is 0 Å². The van der Waals surface area contributed by atoms with Gasteiger partial charge in [-0.05, 0) is 25.0 Å². The van der Waals surface area contributed by atoms with E-state index in [0.717, 1.165) is 12.8 Å². The predicted octanol–water partition coefficient (Wildman–Crippen LogP) is 1.70. The Hall–Kier alpha value is -2.09. The number of ether oxygens (including phenoxy) is 1. The SMILES string of the molecule is CN(C(=O)COc1cccc(F)c1C#N)C1CC1. The zero-order chi connectivity index (χ0) is 13.1. The number of likely N-dealkylation sites (N-methyl/N-ethyl adjacent to an activating group) is 1. The van der Waals surface area contributed by atoms with Crippen molar-refractivity contribution in [3.05, 3.63) is 29.6 Å². The first-order chi connectivity index (χ1) is 8.63. The molecule has 0 spiro atoms. The number of hydrogen-bond acceptors (Lipinski definition) is 3. The molecule has 5 heteroatoms. The maximum atomic E-state index is 13.3. The van der Waals surface area contributed by atoms with E-state index in [-0.39, 0.29) is 23.8 Å². The number of hydrogen-bond donors (Lipinski definition) is 0. The summed E-state index contributed by atoms with van der Waals surface area (Å²) < 4.78 is 18.5. The zero-order valence-electron chi connectivity index (χ0n) is 10.0. The van der Waals surface area contributed by atoms with E-state index in [1.165, 1.54) is 18.2 Å². The lowest BCUT2D eigenvalue weighted by Gasteiger charge is -2.16. The van der Waals surface area contributed by atoms with E-state index >= 15 is 0 Å². The molecule has 1 aliphatic carbocycles. The van der Waals surface area contributed by atoms with Gasteiger partial charge in [0.25, 0.3) is 5.91 Å². The second-order valence-electron chi connectivity index (χ2n) is 4.25. The third kappa shape index (κ3) is 2.59. The summed E-state index contributed by atoms with van der Waals surface area (Å²) in [6.45, 7) is -0.175. The van der Waals surface area contributed by atoms with Crippen molar-refractivity contribution < 1.29 is 13.9 Å². The highest BCUT2D eigenvalue weighted by molar-refractivity contribution is 5.78. The van der Waals surface area contributed by atoms with Crippen molar-refractivity contribution in [1.29, 1.82) is 5.26 Å². The number of nitriles is 1. The van der Waals surface area contributed by atoms with Crippen LogP contribution in [-0.2, 0) is 4.79 Å². The topological polar surface area (TPSA) is 53.3 Å². The third-order valence-corrected chi connectivity index (χ3v) is 2.93. The number of rotatable bonds is 4. The molecule has 4 nitrogen and oxygen atoms in total. The van der Waals surface area contributed by atoms with Gasteiger partial charge in [0.15, 0.2) is 6.61 Å². The van der Waals surface area contributed by atoms with Gasteiger partial charge in [-0.15, -0.1) is 0 Å². The zero-order valence-corrected chi connectivity index (χ0v) is 10.0. The van der Waals surface area contributed by atoms with Crippen molar-refractivity contribution in [2.45, 2.75) is 18.9 Å². The molecule has 1 fully saturated rings. The van der Waals surface area contributed by atoms with Crippen molar-refractivity contribution in [1.82, 2.24) is 4.90 Å². The van der Waals surface area contributed by atoms with Gasteiger partial charge >= 0.3 is 0 Å². The summed E-state index contributed by atoms with van der Waals surface area (Å²) in [5.74, 6) is -0.696. The molecule has 0 atom stereocenters. The average Bonchev–Trinajstić information content (AvgIpc) is 3.19. The average molecular weight is 248 g/mol. The first-order valence-electron chi connectivity index (χ1n) is 5.70. The molecule has 1 aliphatic rings. The van der Waals surface area contributed by atoms with Crippen LogP contribution in [0.4, 0.5) is 4.39 Å². The molecule has 2 rings (SSSR count). The number of carbonyl (C=O) groups excluding carboxylic acids is 1. The van der Waals surface area contributed by atoms with E-state index < -0.39 is 5.82 Å². The molecule has 18 heavy (non-hydrogen) atoms. The van der Waals surface area contributed by atoms with Gasteiger partial charge in [-0.2, -0.15) is 5.26 Å². The van der Waals surface area contributed by atoms with Crippen molar-refractivity contribution in [2.75, 3.05) is 13.7 Å². The summed E-state index contributed by atoms with van der Waals surface area (Å²) in [4.78, 5) is 13.3. The summed E-state index contributed by atoms with van der Waals surface area (Å²) in [6, 6.07) is 6.14. The largest absolute Gasteiger partial charge is 0.482 e. The Balaban J connectivity index is 2.00. The van der Waals surface area contributed by atoms with Crippen LogP contribution >= 0.6 is 0 Å². The van der Waals surface area contributed by atoms with Crippen LogP contribution in [0.15, 0.2) is 18.2 Å². The van der Waals surface area contributed by atoms with Crippen LogP contribution in [-0.4, -0.2) is 30.5 Å². The van der Waals surface area contributed by atoms with Crippen LogP contribution in [0.25, 0.3) is 0 Å². The fraction of sp³-hybridized carbons (Fsp3) is 0.385. The standard InChI is InChI=1S/C13H13FN2O2/c1-16(9-5-6-9)13(17)8-18-12-4-2-3-11(14)10(12)7-15/h2-4,9H,5-6,8H2,1H3. The van der Waals surface area contributed by atoms with Crippen LogP contribution in [0.1, 0.15) is 18.4 Å². The van der Waals surface area contributed by atoms with Crippen LogP contribution in [0, 0.1) is 17.1 Å². The van der Waals surface area contributed by atoms with Gasteiger partial charge in [-0.1, -0.05) is 6.07 Å². The van der Waals surface area contributed by atoms with E-state index in [9.17, 15) is 9.18 Å². The highest BCUT2D eigenvalue weighted by Crippen LogP contribution is 2.25. The normalized spacial score (nSPS) is 13.8. The lowest BCUT2D eigenvalue weighted by atomic mass is 10.2. The van der Waals surface area contributed by atoms with Crippen LogP contribution in [0.5, 0.6) is 5.75 Å². The number of nitrogens with zero attached hydrogens (tertiary/aromatic N) is 2. The predicted molar refractivity (Wildman–Crippen MR) is 62.4 cm³/mol. The smallest absolute Gasteiger partial charge is 0.260 e. The van der Waals surface area contributed by atoms with Crippen LogP contribution in [0.2, 0.25) is 0 Å². The summed E-state index contributed by atoms with van der Waals surface area (Å²) in [5.41, 5.74) is -0.167. The number of amides is 1. The van der Waals surface area contributed by atoms with Gasteiger partial charge in [-0.3, -0.25) is 4.79 Å². The lowest BCUT2D eigenvalue weighted by Crippen LogP contribution is -2.33. The lowest BCUT2D eigenvalue weighted by molar-refractivity contribution is -0.132. The second-order valence-corrected chi connectivity index (χ2v) is 4.25. The van der Waals surface area contributed by atoms with Gasteiger partial charge in [0, 0.05) is 13.1 Å². The number of benzene rings is 1. The second kappa shape index (κ2) is 5.05. The molecule has 0 bridgehead atoms. The molecule has 1 aromatic carbocycles. The molecule has 1 saturated carbocycles. The maximum absolute atomic E-state index is 13.3. The molecule has 1 amide bonds. The van der Waals surface area contributed by atoms with Gasteiger partial charge in [0.2, 0.25) is 0 Å². The molecule has 94 valence electrons. The molecule has 1 aromatic rings. The van der Waals surface area contributed by atoms with Gasteiger partial charge in [0.1, 0.15) is 23.2 Å². The van der Waals surface area contributed by atoms with Gasteiger partial charge in [-0.25, -0.2) is 4.39 Å². The molecule has 0 N–H and O–H groups in total. The minimum atomic E-state index is -0.641. The van der Waals surface area contributed by atoms with Crippen molar-refractivity contribution in [2.24, 2.45) is 0 Å². The highest BCUT2D eigenvalue weighted by atomic mass is 19.1. The highest BCUT2D eigenvalue weighted by Gasteiger charge is 2.29. The summed E-state index contributed by atoms with van der Waals surface area (Å²) in [5, 5.41) is 8.81. The van der Waals surface area contributed by atoms with E-state index in [4.69, 9.17) is 10.00 Å². The van der Waals surface area contributed by atoms with E-state index in [2.05, 4.69) is 0 Å². The maximum Gasteiger partial charge on any atom is 0.260 e. The van der Waals surface area contributed by atoms with E-state index in [0.29, 0.717) is 6.04 Å². The Labute approximate surface area is 105 Å². The van der Waals surface area contributed by atoms with Crippen molar-refractivity contribution >= 4 is 5.91 Å². The minimum absolute atomic E-state index is 0.107. The molecular weight excluding hydrogens is 235 g/mol. The first kappa shape index (κ1) is 12.4. The summed E-state index contributed by atoms with van der Waals surface area (Å²) in [6.07, 6.45) is 2.04. The molecule has 0 radical (unpaired) electrons. The van der Waals surface area contributed by atoms with Crippen molar-refractivity contribution in [3.63, 3.8) is 0 Å². The quantitative estimate of drug-likeness (QED) is 0.814. The van der Waals surface area contributed by atoms with E-state index in [1.54, 1.807) is 18.0 Å². The molecule has 0 aliphatic heterocycles. The monoisotopic (exact) mass is 248 g/mol. The Bertz CT molecular complexity index is 506. The summed E-state index contributed by atoms with van der Waals surface area (Å²) in [7, 11) is 1.72. The summed E-state index contributed by atoms with van der Waals surface area (Å²) >= 11 is 0. The molecule has 0 unspecified atom stereocenters. The van der Waals surface area contributed by atoms with Crippen LogP contribution < -0.4 is 4.74 Å². The fourth-order valence-corrected chi connectivity index (χ4v) is 1.64. The Morgan fingerprint density at radius 2 is 2.33 bits per heavy atom. The molecular formula is C13H13FN2O2. The van der Waals surface area contributed by atoms with Gasteiger partial charge < -0.3 is 9.64 Å². The number of halogens is 1. The Morgan fingerprint density at radius 1 is 1.61 bits per heavy atom.